The zero-order chi connectivity index (χ0) is 15.2. The average molecular weight is 427 g/mol. The van der Waals surface area contributed by atoms with Crippen molar-refractivity contribution in [1.29, 1.82) is 0 Å². The predicted octanol–water partition coefficient (Wildman–Crippen LogP) is 2.79. The molecule has 22 heavy (non-hydrogen) atoms. The number of halogens is 1. The summed E-state index contributed by atoms with van der Waals surface area (Å²) in [5.41, 5.74) is 0. The monoisotopic (exact) mass is 427 g/mol. The van der Waals surface area contributed by atoms with Gasteiger partial charge in [-0.05, 0) is 12.3 Å². The van der Waals surface area contributed by atoms with Crippen molar-refractivity contribution in [2.45, 2.75) is 44.9 Å². The van der Waals surface area contributed by atoms with Crippen LogP contribution in [-0.2, 0) is 9.47 Å². The number of nitrogens with zero attached hydrogens (tertiary/aromatic N) is 1. The molecule has 0 bridgehead atoms. The molecule has 0 aromatic heterocycles. The molecule has 0 radical (unpaired) electrons. The van der Waals surface area contributed by atoms with Gasteiger partial charge in [0.25, 0.3) is 0 Å². The Bertz CT molecular complexity index is 272. The number of ether oxygens (including phenoxy) is 2. The molecule has 0 spiro atoms. The molecular weight excluding hydrogens is 393 g/mol. The van der Waals surface area contributed by atoms with Gasteiger partial charge in [-0.3, -0.25) is 4.99 Å². The van der Waals surface area contributed by atoms with Crippen LogP contribution < -0.4 is 10.6 Å². The van der Waals surface area contributed by atoms with Crippen LogP contribution in [0, 0.1) is 5.92 Å². The van der Waals surface area contributed by atoms with Gasteiger partial charge in [0.2, 0.25) is 0 Å². The maximum Gasteiger partial charge on any atom is 0.191 e. The van der Waals surface area contributed by atoms with E-state index < -0.39 is 0 Å². The van der Waals surface area contributed by atoms with Crippen molar-refractivity contribution < 1.29 is 9.47 Å². The van der Waals surface area contributed by atoms with Crippen LogP contribution >= 0.6 is 24.0 Å². The third-order valence-electron chi connectivity index (χ3n) is 4.00. The van der Waals surface area contributed by atoms with Crippen LogP contribution in [0.2, 0.25) is 0 Å². The molecule has 0 heterocycles. The molecule has 0 amide bonds. The second-order valence-corrected chi connectivity index (χ2v) is 5.68. The standard InChI is InChI=1S/C16H33N3O2.HI/c1-17-16(19-11-12-21-14-13-20-2)18-10-6-5-9-15-7-3-4-8-15;/h15H,3-14H2,1-2H3,(H2,17,18,19);1H. The Labute approximate surface area is 153 Å². The summed E-state index contributed by atoms with van der Waals surface area (Å²) in [5.74, 6) is 1.87. The minimum atomic E-state index is 0. The maximum atomic E-state index is 5.40. The van der Waals surface area contributed by atoms with Crippen LogP contribution in [0.1, 0.15) is 44.9 Å². The van der Waals surface area contributed by atoms with Crippen LogP contribution in [0.4, 0.5) is 0 Å². The van der Waals surface area contributed by atoms with E-state index in [-0.39, 0.29) is 24.0 Å². The minimum Gasteiger partial charge on any atom is -0.382 e. The molecule has 5 nitrogen and oxygen atoms in total. The van der Waals surface area contributed by atoms with Crippen molar-refractivity contribution in [3.63, 3.8) is 0 Å². The second kappa shape index (κ2) is 15.8. The first-order valence-electron chi connectivity index (χ1n) is 8.38. The highest BCUT2D eigenvalue weighted by atomic mass is 127. The van der Waals surface area contributed by atoms with Crippen molar-refractivity contribution in [3.05, 3.63) is 0 Å². The van der Waals surface area contributed by atoms with E-state index in [1.807, 2.05) is 0 Å². The molecule has 0 unspecified atom stereocenters. The largest absolute Gasteiger partial charge is 0.382 e. The second-order valence-electron chi connectivity index (χ2n) is 5.68. The summed E-state index contributed by atoms with van der Waals surface area (Å²) in [7, 11) is 3.49. The number of methoxy groups -OCH3 is 1. The predicted molar refractivity (Wildman–Crippen MR) is 103 cm³/mol. The van der Waals surface area contributed by atoms with Gasteiger partial charge in [0, 0.05) is 27.2 Å². The molecule has 0 saturated heterocycles. The van der Waals surface area contributed by atoms with Gasteiger partial charge < -0.3 is 20.1 Å². The average Bonchev–Trinajstić information content (AvgIpc) is 3.01. The van der Waals surface area contributed by atoms with Gasteiger partial charge >= 0.3 is 0 Å². The van der Waals surface area contributed by atoms with Crippen LogP contribution in [0.25, 0.3) is 0 Å². The fourth-order valence-corrected chi connectivity index (χ4v) is 2.77. The Morgan fingerprint density at radius 3 is 2.45 bits per heavy atom. The molecule has 1 aliphatic rings. The van der Waals surface area contributed by atoms with E-state index in [4.69, 9.17) is 9.47 Å². The molecule has 6 heteroatoms. The van der Waals surface area contributed by atoms with Gasteiger partial charge in [0.15, 0.2) is 5.96 Å². The minimum absolute atomic E-state index is 0. The SMILES string of the molecule is CN=C(NCCCCC1CCCC1)NCCOCCOC.I. The van der Waals surface area contributed by atoms with Crippen LogP contribution in [0.5, 0.6) is 0 Å². The first kappa shape index (κ1) is 21.9. The Morgan fingerprint density at radius 1 is 1.05 bits per heavy atom. The zero-order valence-corrected chi connectivity index (χ0v) is 16.6. The van der Waals surface area contributed by atoms with E-state index >= 15 is 0 Å². The highest BCUT2D eigenvalue weighted by Gasteiger charge is 2.13. The third kappa shape index (κ3) is 11.5. The highest BCUT2D eigenvalue weighted by Crippen LogP contribution is 2.28. The van der Waals surface area contributed by atoms with Gasteiger partial charge in [-0.25, -0.2) is 0 Å². The lowest BCUT2D eigenvalue weighted by atomic mass is 10.0. The van der Waals surface area contributed by atoms with Gasteiger partial charge in [0.1, 0.15) is 0 Å². The zero-order valence-electron chi connectivity index (χ0n) is 14.2. The molecule has 0 aromatic carbocycles. The fraction of sp³-hybridized carbons (Fsp3) is 0.938. The Kier molecular flexibility index (Phi) is 15.7. The first-order chi connectivity index (χ1) is 10.4. The Morgan fingerprint density at radius 2 is 1.77 bits per heavy atom. The van der Waals surface area contributed by atoms with Crippen molar-refractivity contribution in [2.24, 2.45) is 10.9 Å². The van der Waals surface area contributed by atoms with E-state index in [0.29, 0.717) is 19.8 Å². The van der Waals surface area contributed by atoms with Crippen molar-refractivity contribution in [1.82, 2.24) is 10.6 Å². The van der Waals surface area contributed by atoms with E-state index in [0.717, 1.165) is 25.0 Å². The van der Waals surface area contributed by atoms with Crippen molar-refractivity contribution >= 4 is 29.9 Å². The number of unbranched alkanes of at least 4 members (excludes halogenated alkanes) is 1. The number of rotatable bonds is 11. The van der Waals surface area contributed by atoms with Gasteiger partial charge in [-0.1, -0.05) is 38.5 Å². The van der Waals surface area contributed by atoms with Crippen LogP contribution in [-0.4, -0.2) is 53.0 Å². The topological polar surface area (TPSA) is 54.9 Å². The van der Waals surface area contributed by atoms with E-state index in [2.05, 4.69) is 15.6 Å². The molecule has 0 atom stereocenters. The lowest BCUT2D eigenvalue weighted by Crippen LogP contribution is -2.39. The quantitative estimate of drug-likeness (QED) is 0.231. The smallest absolute Gasteiger partial charge is 0.191 e. The molecule has 132 valence electrons. The number of guanidine groups is 1. The Hall–Kier alpha value is -0.0800. The third-order valence-corrected chi connectivity index (χ3v) is 4.00. The molecule has 2 N–H and O–H groups in total. The van der Waals surface area contributed by atoms with Crippen LogP contribution in [0.15, 0.2) is 4.99 Å². The summed E-state index contributed by atoms with van der Waals surface area (Å²) in [4.78, 5) is 4.21. The van der Waals surface area contributed by atoms with Gasteiger partial charge in [-0.15, -0.1) is 24.0 Å². The van der Waals surface area contributed by atoms with E-state index in [9.17, 15) is 0 Å². The Balaban J connectivity index is 0.00000441. The molecular formula is C16H34IN3O2. The molecule has 1 aliphatic carbocycles. The fourth-order valence-electron chi connectivity index (χ4n) is 2.77. The molecule has 1 rings (SSSR count). The van der Waals surface area contributed by atoms with Gasteiger partial charge in [-0.2, -0.15) is 0 Å². The van der Waals surface area contributed by atoms with Crippen LogP contribution in [0.3, 0.4) is 0 Å². The van der Waals surface area contributed by atoms with Crippen molar-refractivity contribution in [3.8, 4) is 0 Å². The summed E-state index contributed by atoms with van der Waals surface area (Å²) >= 11 is 0. The lowest BCUT2D eigenvalue weighted by molar-refractivity contribution is 0.0733. The van der Waals surface area contributed by atoms with E-state index in [1.165, 1.54) is 44.9 Å². The normalized spacial score (nSPS) is 15.6. The molecule has 1 saturated carbocycles. The molecule has 0 aromatic rings. The van der Waals surface area contributed by atoms with E-state index in [1.54, 1.807) is 14.2 Å². The number of hydrogen-bond donors (Lipinski definition) is 2. The summed E-state index contributed by atoms with van der Waals surface area (Å²) in [5, 5.41) is 6.61. The summed E-state index contributed by atoms with van der Waals surface area (Å²) in [6, 6.07) is 0. The number of nitrogens with one attached hydrogen (secondary N) is 2. The maximum absolute atomic E-state index is 5.40. The lowest BCUT2D eigenvalue weighted by Gasteiger charge is -2.13. The molecule has 1 fully saturated rings. The molecule has 0 aliphatic heterocycles. The summed E-state index contributed by atoms with van der Waals surface area (Å²) < 4.78 is 10.3. The summed E-state index contributed by atoms with van der Waals surface area (Å²) in [6.07, 6.45) is 9.77. The first-order valence-corrected chi connectivity index (χ1v) is 8.38. The highest BCUT2D eigenvalue weighted by molar-refractivity contribution is 14.0. The van der Waals surface area contributed by atoms with Gasteiger partial charge in [0.05, 0.1) is 19.8 Å². The number of aliphatic imine (C=N–C) groups is 1. The summed E-state index contributed by atoms with van der Waals surface area (Å²) in [6.45, 7) is 3.73. The van der Waals surface area contributed by atoms with Crippen molar-refractivity contribution in [2.75, 3.05) is 47.1 Å². The number of hydrogen-bond acceptors (Lipinski definition) is 3.